The van der Waals surface area contributed by atoms with Gasteiger partial charge in [0.1, 0.15) is 0 Å². The van der Waals surface area contributed by atoms with E-state index >= 15 is 0 Å². The van der Waals surface area contributed by atoms with E-state index in [0.29, 0.717) is 5.56 Å². The predicted molar refractivity (Wildman–Crippen MR) is 89.9 cm³/mol. The Bertz CT molecular complexity index is 635. The Hall–Kier alpha value is -1.44. The van der Waals surface area contributed by atoms with Crippen molar-refractivity contribution in [2.45, 2.75) is 43.7 Å². The van der Waals surface area contributed by atoms with E-state index in [1.165, 1.54) is 16.4 Å². The number of nitrogens with one attached hydrogen (secondary N) is 2. The van der Waals surface area contributed by atoms with Gasteiger partial charge in [0.05, 0.1) is 4.90 Å². The lowest BCUT2D eigenvalue weighted by Gasteiger charge is -2.24. The molecule has 1 aromatic carbocycles. The largest absolute Gasteiger partial charge is 0.349 e. The van der Waals surface area contributed by atoms with Gasteiger partial charge in [-0.3, -0.25) is 4.79 Å². The van der Waals surface area contributed by atoms with Crippen molar-refractivity contribution in [2.75, 3.05) is 20.1 Å². The van der Waals surface area contributed by atoms with Gasteiger partial charge in [0, 0.05) is 24.7 Å². The zero-order chi connectivity index (χ0) is 17.0. The monoisotopic (exact) mass is 339 g/mol. The van der Waals surface area contributed by atoms with Crippen LogP contribution in [0.15, 0.2) is 29.2 Å². The maximum Gasteiger partial charge on any atom is 0.251 e. The third kappa shape index (κ3) is 4.31. The van der Waals surface area contributed by atoms with Gasteiger partial charge in [0.2, 0.25) is 10.0 Å². The van der Waals surface area contributed by atoms with Crippen molar-refractivity contribution < 1.29 is 13.2 Å². The topological polar surface area (TPSA) is 78.5 Å². The molecular weight excluding hydrogens is 314 g/mol. The predicted octanol–water partition coefficient (Wildman–Crippen LogP) is 1.20. The zero-order valence-corrected chi connectivity index (χ0v) is 14.7. The van der Waals surface area contributed by atoms with Crippen molar-refractivity contribution in [3.8, 4) is 0 Å². The fraction of sp³-hybridized carbons (Fsp3) is 0.562. The van der Waals surface area contributed by atoms with E-state index in [1.807, 2.05) is 13.8 Å². The Labute approximate surface area is 138 Å². The summed E-state index contributed by atoms with van der Waals surface area (Å²) in [6.45, 7) is 5.45. The molecule has 0 spiro atoms. The smallest absolute Gasteiger partial charge is 0.251 e. The number of rotatable bonds is 5. The molecule has 0 radical (unpaired) electrons. The third-order valence-corrected chi connectivity index (χ3v) is 6.24. The first-order valence-corrected chi connectivity index (χ1v) is 9.36. The van der Waals surface area contributed by atoms with Gasteiger partial charge in [-0.2, -0.15) is 4.31 Å². The number of benzene rings is 1. The van der Waals surface area contributed by atoms with Crippen LogP contribution in [-0.2, 0) is 10.0 Å². The van der Waals surface area contributed by atoms with Crippen molar-refractivity contribution in [3.63, 3.8) is 0 Å². The molecule has 2 N–H and O–H groups in total. The summed E-state index contributed by atoms with van der Waals surface area (Å²) in [6.07, 6.45) is 1.83. The van der Waals surface area contributed by atoms with Crippen LogP contribution in [0.4, 0.5) is 0 Å². The summed E-state index contributed by atoms with van der Waals surface area (Å²) in [4.78, 5) is 12.4. The SMILES string of the molecule is CC(C)N(C)S(=O)(=O)c1ccc(C(=O)NC2CCNCC2)cc1. The average Bonchev–Trinajstić information content (AvgIpc) is 2.55. The Morgan fingerprint density at radius 2 is 1.78 bits per heavy atom. The van der Waals surface area contributed by atoms with E-state index in [-0.39, 0.29) is 22.9 Å². The number of amides is 1. The highest BCUT2D eigenvalue weighted by Gasteiger charge is 2.23. The second-order valence-corrected chi connectivity index (χ2v) is 8.13. The maximum absolute atomic E-state index is 12.4. The lowest BCUT2D eigenvalue weighted by Crippen LogP contribution is -2.42. The van der Waals surface area contributed by atoms with Crippen LogP contribution in [-0.4, -0.2) is 50.9 Å². The molecule has 2 rings (SSSR count). The molecule has 7 heteroatoms. The molecule has 1 aliphatic heterocycles. The fourth-order valence-electron chi connectivity index (χ4n) is 2.46. The summed E-state index contributed by atoms with van der Waals surface area (Å²) in [6, 6.07) is 6.17. The molecule has 1 aromatic rings. The molecule has 0 unspecified atom stereocenters. The van der Waals surface area contributed by atoms with Crippen LogP contribution in [0.25, 0.3) is 0 Å². The number of sulfonamides is 1. The minimum Gasteiger partial charge on any atom is -0.349 e. The Balaban J connectivity index is 2.08. The zero-order valence-electron chi connectivity index (χ0n) is 13.9. The second kappa shape index (κ2) is 7.42. The van der Waals surface area contributed by atoms with Crippen LogP contribution in [0.2, 0.25) is 0 Å². The third-order valence-electron chi connectivity index (χ3n) is 4.20. The van der Waals surface area contributed by atoms with Crippen LogP contribution in [0.3, 0.4) is 0 Å². The van der Waals surface area contributed by atoms with Crippen LogP contribution in [0.5, 0.6) is 0 Å². The van der Waals surface area contributed by atoms with Gasteiger partial charge in [0.15, 0.2) is 0 Å². The number of piperidine rings is 1. The Kier molecular flexibility index (Phi) is 5.78. The number of carbonyl (C=O) groups is 1. The summed E-state index contributed by atoms with van der Waals surface area (Å²) in [7, 11) is -1.96. The highest BCUT2D eigenvalue weighted by molar-refractivity contribution is 7.89. The van der Waals surface area contributed by atoms with Crippen molar-refractivity contribution in [1.29, 1.82) is 0 Å². The first-order chi connectivity index (χ1) is 10.8. The van der Waals surface area contributed by atoms with E-state index < -0.39 is 10.0 Å². The van der Waals surface area contributed by atoms with Gasteiger partial charge in [0.25, 0.3) is 5.91 Å². The molecule has 0 saturated carbocycles. The van der Waals surface area contributed by atoms with Gasteiger partial charge >= 0.3 is 0 Å². The second-order valence-electron chi connectivity index (χ2n) is 6.14. The summed E-state index contributed by atoms with van der Waals surface area (Å²) < 4.78 is 26.1. The quantitative estimate of drug-likeness (QED) is 0.845. The van der Waals surface area contributed by atoms with Gasteiger partial charge in [-0.15, -0.1) is 0 Å². The molecule has 6 nitrogen and oxygen atoms in total. The fourth-order valence-corrected chi connectivity index (χ4v) is 3.82. The van der Waals surface area contributed by atoms with Gasteiger partial charge < -0.3 is 10.6 Å². The first-order valence-electron chi connectivity index (χ1n) is 7.92. The molecule has 1 fully saturated rings. The van der Waals surface area contributed by atoms with Crippen LogP contribution < -0.4 is 10.6 Å². The molecule has 0 aromatic heterocycles. The van der Waals surface area contributed by atoms with Crippen molar-refractivity contribution in [1.82, 2.24) is 14.9 Å². The lowest BCUT2D eigenvalue weighted by atomic mass is 10.1. The van der Waals surface area contributed by atoms with E-state index in [0.717, 1.165) is 25.9 Å². The minimum atomic E-state index is -3.51. The highest BCUT2D eigenvalue weighted by Crippen LogP contribution is 2.17. The molecule has 1 amide bonds. The maximum atomic E-state index is 12.4. The van der Waals surface area contributed by atoms with E-state index in [4.69, 9.17) is 0 Å². The molecule has 0 atom stereocenters. The van der Waals surface area contributed by atoms with Crippen molar-refractivity contribution >= 4 is 15.9 Å². The Morgan fingerprint density at radius 3 is 2.30 bits per heavy atom. The number of hydrogen-bond donors (Lipinski definition) is 2. The normalized spacial score (nSPS) is 16.7. The molecule has 0 aliphatic carbocycles. The van der Waals surface area contributed by atoms with Crippen LogP contribution >= 0.6 is 0 Å². The minimum absolute atomic E-state index is 0.122. The van der Waals surface area contributed by atoms with E-state index in [9.17, 15) is 13.2 Å². The molecule has 1 aliphatic rings. The van der Waals surface area contributed by atoms with Gasteiger partial charge in [-0.05, 0) is 64.0 Å². The molecule has 0 bridgehead atoms. The number of carbonyl (C=O) groups excluding carboxylic acids is 1. The van der Waals surface area contributed by atoms with Crippen molar-refractivity contribution in [3.05, 3.63) is 29.8 Å². The molecule has 1 heterocycles. The van der Waals surface area contributed by atoms with Crippen LogP contribution in [0.1, 0.15) is 37.0 Å². The molecule has 1 saturated heterocycles. The molecule has 23 heavy (non-hydrogen) atoms. The first kappa shape index (κ1) is 17.9. The molecular formula is C16H25N3O3S. The summed E-state index contributed by atoms with van der Waals surface area (Å²) in [5, 5.41) is 6.24. The van der Waals surface area contributed by atoms with Crippen LogP contribution in [0, 0.1) is 0 Å². The summed E-state index contributed by atoms with van der Waals surface area (Å²) in [5.74, 6) is -0.155. The average molecular weight is 339 g/mol. The lowest BCUT2D eigenvalue weighted by molar-refractivity contribution is 0.0929. The summed E-state index contributed by atoms with van der Waals surface area (Å²) >= 11 is 0. The Morgan fingerprint density at radius 1 is 1.22 bits per heavy atom. The highest BCUT2D eigenvalue weighted by atomic mass is 32.2. The van der Waals surface area contributed by atoms with Crippen molar-refractivity contribution in [2.24, 2.45) is 0 Å². The number of nitrogens with zero attached hydrogens (tertiary/aromatic N) is 1. The van der Waals surface area contributed by atoms with E-state index in [1.54, 1.807) is 19.2 Å². The standard InChI is InChI=1S/C16H25N3O3S/c1-12(2)19(3)23(21,22)15-6-4-13(5-7-15)16(20)18-14-8-10-17-11-9-14/h4-7,12,14,17H,8-11H2,1-3H3,(H,18,20). The number of hydrogen-bond acceptors (Lipinski definition) is 4. The van der Waals surface area contributed by atoms with Gasteiger partial charge in [-0.1, -0.05) is 0 Å². The summed E-state index contributed by atoms with van der Waals surface area (Å²) in [5.41, 5.74) is 0.481. The molecule has 128 valence electrons. The van der Waals surface area contributed by atoms with E-state index in [2.05, 4.69) is 10.6 Å². The van der Waals surface area contributed by atoms with Gasteiger partial charge in [-0.25, -0.2) is 8.42 Å².